The second kappa shape index (κ2) is 17.9. The Morgan fingerprint density at radius 2 is 1.54 bits per heavy atom. The van der Waals surface area contributed by atoms with Gasteiger partial charge in [0.1, 0.15) is 28.9 Å². The van der Waals surface area contributed by atoms with Gasteiger partial charge in [0.25, 0.3) is 5.84 Å². The molecular weight excluding hydrogens is 633 g/mol. The summed E-state index contributed by atoms with van der Waals surface area (Å²) < 4.78 is 14.6. The zero-order valence-electron chi connectivity index (χ0n) is 28.2. The van der Waals surface area contributed by atoms with E-state index in [4.69, 9.17) is 11.7 Å². The van der Waals surface area contributed by atoms with Crippen LogP contribution < -0.4 is 48.8 Å². The molecule has 0 radical (unpaired) electrons. The Bertz CT molecular complexity index is 1370. The minimum atomic E-state index is -1.93. The van der Waals surface area contributed by atoms with Crippen LogP contribution in [-0.4, -0.2) is 87.9 Å². The molecule has 13 N–H and O–H groups in total. The maximum absolute atomic E-state index is 14.6. The molecule has 5 atom stereocenters. The predicted molar refractivity (Wildman–Crippen MR) is 171 cm³/mol. The molecule has 0 spiro atoms. The maximum Gasteiger partial charge on any atom is 0.318 e. The summed E-state index contributed by atoms with van der Waals surface area (Å²) in [5.41, 5.74) is -1.34. The number of hydrazone groups is 1. The number of halogens is 1. The Kier molecular flexibility index (Phi) is 15.4. The first-order valence-corrected chi connectivity index (χ1v) is 15.1. The van der Waals surface area contributed by atoms with Gasteiger partial charge >= 0.3 is 5.97 Å². The number of carboxylic acids is 1. The lowest BCUT2D eigenvalue weighted by molar-refractivity contribution is -0.473. The quantitative estimate of drug-likeness (QED) is 0.0249. The number of amides is 5. The summed E-state index contributed by atoms with van der Waals surface area (Å²) in [6, 6.07) is 2.31. The second-order valence-corrected chi connectivity index (χ2v) is 12.5. The van der Waals surface area contributed by atoms with E-state index in [0.717, 1.165) is 13.8 Å². The van der Waals surface area contributed by atoms with Crippen LogP contribution in [0.2, 0.25) is 0 Å². The number of aliphatic hydroxyl groups is 1. The number of nitrogens with two attached hydrogens (primary N) is 2. The average molecular weight is 683 g/mol. The lowest BCUT2D eigenvalue weighted by Gasteiger charge is -2.34. The van der Waals surface area contributed by atoms with Crippen molar-refractivity contribution in [1.82, 2.24) is 32.0 Å². The van der Waals surface area contributed by atoms with Crippen LogP contribution in [0.3, 0.4) is 0 Å². The molecule has 0 saturated carbocycles. The number of carboxylic acid groups (broad SMARTS) is 1. The summed E-state index contributed by atoms with van der Waals surface area (Å²) in [6.07, 6.45) is -2.12. The van der Waals surface area contributed by atoms with Crippen LogP contribution in [-0.2, 0) is 35.2 Å². The van der Waals surface area contributed by atoms with Crippen LogP contribution in [0.25, 0.3) is 0 Å². The van der Waals surface area contributed by atoms with Crippen molar-refractivity contribution in [3.05, 3.63) is 35.6 Å². The first kappa shape index (κ1) is 41.2. The van der Waals surface area contributed by atoms with Gasteiger partial charge in [-0.3, -0.25) is 34.6 Å². The number of aliphatic hydroxyl groups excluding tert-OH is 1. The van der Waals surface area contributed by atoms with Crippen molar-refractivity contribution in [3.63, 3.8) is 0 Å². The van der Waals surface area contributed by atoms with Gasteiger partial charge in [-0.05, 0) is 52.2 Å². The number of rotatable bonds is 17. The molecule has 0 aliphatic heterocycles. The Morgan fingerprint density at radius 3 is 2.04 bits per heavy atom. The molecule has 1 aromatic carbocycles. The molecule has 17 nitrogen and oxygen atoms in total. The van der Waals surface area contributed by atoms with Crippen LogP contribution >= 0.6 is 0 Å². The van der Waals surface area contributed by atoms with Gasteiger partial charge in [-0.25, -0.2) is 9.82 Å². The van der Waals surface area contributed by atoms with Crippen LogP contribution in [0.5, 0.6) is 0 Å². The second-order valence-electron chi connectivity index (χ2n) is 12.5. The zero-order chi connectivity index (χ0) is 37.0. The Morgan fingerprint density at radius 1 is 0.938 bits per heavy atom. The number of aliphatic carboxylic acids is 1. The van der Waals surface area contributed by atoms with Gasteiger partial charge in [0.05, 0.1) is 19.1 Å². The summed E-state index contributed by atoms with van der Waals surface area (Å²) in [5.74, 6) is 4.10. The van der Waals surface area contributed by atoms with Crippen LogP contribution in [0.1, 0.15) is 60.5 Å². The fourth-order valence-electron chi connectivity index (χ4n) is 4.02. The summed E-state index contributed by atoms with van der Waals surface area (Å²) in [4.78, 5) is 76.9. The van der Waals surface area contributed by atoms with Gasteiger partial charge in [-0.1, -0.05) is 32.0 Å². The Balaban J connectivity index is 3.16. The van der Waals surface area contributed by atoms with Gasteiger partial charge in [-0.15, -0.1) is 0 Å². The van der Waals surface area contributed by atoms with Crippen molar-refractivity contribution in [2.45, 2.75) is 91.1 Å². The molecule has 0 aliphatic carbocycles. The van der Waals surface area contributed by atoms with Crippen LogP contribution in [0.4, 0.5) is 4.39 Å². The minimum absolute atomic E-state index is 0.0240. The number of hydrazine groups is 2. The van der Waals surface area contributed by atoms with Crippen molar-refractivity contribution in [3.8, 4) is 0 Å². The van der Waals surface area contributed by atoms with E-state index in [-0.39, 0.29) is 36.2 Å². The molecule has 1 aromatic rings. The highest BCUT2D eigenvalue weighted by atomic mass is 19.1. The van der Waals surface area contributed by atoms with Crippen molar-refractivity contribution in [2.24, 2.45) is 23.0 Å². The monoisotopic (exact) mass is 682 g/mol. The van der Waals surface area contributed by atoms with Gasteiger partial charge < -0.3 is 36.8 Å². The summed E-state index contributed by atoms with van der Waals surface area (Å²) in [6.45, 7) is 9.61. The van der Waals surface area contributed by atoms with E-state index in [0.29, 0.717) is 0 Å². The number of nitrogens with one attached hydrogen (secondary N) is 7. The first-order chi connectivity index (χ1) is 22.2. The normalized spacial score (nSPS) is 15.5. The number of hydrogen-bond donors (Lipinski definition) is 11. The minimum Gasteiger partial charge on any atom is -0.480 e. The maximum atomic E-state index is 14.6. The van der Waals surface area contributed by atoms with Crippen molar-refractivity contribution < 1.29 is 48.5 Å². The molecule has 0 bridgehead atoms. The number of hydrogen-bond acceptors (Lipinski definition) is 9. The number of amidine groups is 1. The van der Waals surface area contributed by atoms with Gasteiger partial charge in [0, 0.05) is 12.5 Å². The molecule has 0 aliphatic rings. The van der Waals surface area contributed by atoms with Crippen molar-refractivity contribution in [1.29, 1.82) is 0 Å². The lowest BCUT2D eigenvalue weighted by Crippen LogP contribution is -2.84. The highest BCUT2D eigenvalue weighted by molar-refractivity contribution is 6.03. The molecule has 0 heterocycles. The van der Waals surface area contributed by atoms with E-state index in [1.807, 2.05) is 13.8 Å². The molecule has 268 valence electrons. The van der Waals surface area contributed by atoms with E-state index in [2.05, 4.69) is 37.1 Å². The van der Waals surface area contributed by atoms with E-state index >= 15 is 0 Å². The fourth-order valence-corrected chi connectivity index (χ4v) is 4.02. The topological polar surface area (TPSA) is 281 Å². The van der Waals surface area contributed by atoms with Gasteiger partial charge in [-0.2, -0.15) is 10.9 Å². The highest BCUT2D eigenvalue weighted by Crippen LogP contribution is 2.19. The van der Waals surface area contributed by atoms with E-state index in [1.165, 1.54) is 32.0 Å². The van der Waals surface area contributed by atoms with E-state index in [1.54, 1.807) is 13.0 Å². The van der Waals surface area contributed by atoms with E-state index < -0.39 is 77.0 Å². The molecular formula is C30H49FN9O8+. The number of carbonyl (C=O) groups excluding carboxylic acids is 5. The first-order valence-electron chi connectivity index (χ1n) is 15.1. The van der Waals surface area contributed by atoms with Gasteiger partial charge in [0.15, 0.2) is 0 Å². The largest absolute Gasteiger partial charge is 0.480 e. The summed E-state index contributed by atoms with van der Waals surface area (Å²) in [7, 11) is 0. The SMILES string of the molecule is CC(C)[C@@H](C)NC(=O)[C@](C)(Cc1ccccc1F)NC(=O)[C@@H](NC(=O)CNC(=O)[C@H](C/C(NN)=[NH+]/N)NC(=O)C(C)(C)C(=O)O)[C@@H](C)O. The van der Waals surface area contributed by atoms with Crippen LogP contribution in [0.15, 0.2) is 24.3 Å². The fraction of sp³-hybridized carbons (Fsp3) is 0.567. The standard InChI is InChI=1S/C30H48FN9O8/c1-15(2)16(3)35-27(46)30(7,13-18-10-8-9-11-19(18)31)38-25(44)23(17(4)41)37-22(42)14-34-24(43)20(12-21(39-32)40-33)36-26(45)29(5,6)28(47)48/h8-11,15-17,20,23,41H,12-14,32-33H2,1-7H3,(H,34,43)(H,35,46)(H,36,45)(H,37,42)(H,38,44)(H,39,40)(H,47,48)/p+1/t16-,17-,20+,23+,30+/m1/s1. The molecule has 0 aromatic heterocycles. The third-order valence-electron chi connectivity index (χ3n) is 7.75. The van der Waals surface area contributed by atoms with Gasteiger partial charge in [0.2, 0.25) is 29.5 Å². The predicted octanol–water partition coefficient (Wildman–Crippen LogP) is -3.81. The van der Waals surface area contributed by atoms with Crippen molar-refractivity contribution >= 4 is 41.3 Å². The zero-order valence-corrected chi connectivity index (χ0v) is 28.2. The summed E-state index contributed by atoms with van der Waals surface area (Å²) in [5, 5.41) is 34.1. The summed E-state index contributed by atoms with van der Waals surface area (Å²) >= 11 is 0. The molecule has 0 fully saturated rings. The molecule has 5 amide bonds. The average Bonchev–Trinajstić information content (AvgIpc) is 3.00. The Hall–Kier alpha value is -4.84. The third-order valence-corrected chi connectivity index (χ3v) is 7.75. The molecule has 0 unspecified atom stereocenters. The highest BCUT2D eigenvalue weighted by Gasteiger charge is 2.41. The van der Waals surface area contributed by atoms with Crippen molar-refractivity contribution in [2.75, 3.05) is 6.54 Å². The molecule has 0 saturated heterocycles. The molecule has 48 heavy (non-hydrogen) atoms. The molecule has 1 rings (SSSR count). The molecule has 18 heteroatoms. The third kappa shape index (κ3) is 11.8. The smallest absolute Gasteiger partial charge is 0.318 e. The van der Waals surface area contributed by atoms with Crippen LogP contribution in [0, 0.1) is 17.2 Å². The number of carbonyl (C=O) groups is 6. The Labute approximate surface area is 278 Å². The van der Waals surface area contributed by atoms with E-state index in [9.17, 15) is 43.4 Å². The number of benzene rings is 1. The lowest BCUT2D eigenvalue weighted by atomic mass is 9.89.